The first-order valence-electron chi connectivity index (χ1n) is 1.12. The molecule has 0 rings (SSSR count). The molecule has 0 saturated carbocycles. The van der Waals surface area contributed by atoms with Gasteiger partial charge in [0.2, 0.25) is 0 Å². The van der Waals surface area contributed by atoms with Crippen LogP contribution in [0.4, 0.5) is 4.39 Å². The second-order valence-corrected chi connectivity index (χ2v) is 4.05. The number of halogens is 3. The number of alkyl halides is 2. The van der Waals surface area contributed by atoms with E-state index in [-0.39, 0.29) is 0 Å². The largest absolute Gasteiger partial charge is 0.197 e. The maximum Gasteiger partial charge on any atom is 0.187 e. The van der Waals surface area contributed by atoms with Gasteiger partial charge in [-0.2, -0.15) is 4.39 Å². The Morgan fingerprint density at radius 1 is 1.67 bits per heavy atom. The highest BCUT2D eigenvalue weighted by atomic mass is 79.9. The molecule has 0 spiro atoms. The van der Waals surface area contributed by atoms with Crippen molar-refractivity contribution >= 4 is 49.2 Å². The smallest absolute Gasteiger partial charge is 0.187 e. The molecule has 36 valence electrons. The van der Waals surface area contributed by atoms with Gasteiger partial charge in [0, 0.05) is 0 Å². The van der Waals surface area contributed by atoms with Crippen LogP contribution in [0.25, 0.3) is 0 Å². The van der Waals surface area contributed by atoms with Gasteiger partial charge in [-0.15, -0.1) is 0 Å². The molecule has 0 N–H and O–H groups in total. The van der Waals surface area contributed by atoms with Crippen LogP contribution in [0.15, 0.2) is 0 Å². The highest BCUT2D eigenvalue weighted by molar-refractivity contribution is 9.25. The third kappa shape index (κ3) is 3.18. The Kier molecular flexibility index (Phi) is 3.54. The van der Waals surface area contributed by atoms with E-state index in [1.54, 1.807) is 0 Å². The minimum absolute atomic E-state index is 0.458. The molecule has 4 heteroatoms. The Hall–Kier alpha value is 0.980. The van der Waals surface area contributed by atoms with E-state index in [2.05, 4.69) is 44.1 Å². The van der Waals surface area contributed by atoms with Gasteiger partial charge in [0.15, 0.2) is 5.12 Å². The van der Waals surface area contributed by atoms with Crippen LogP contribution in [-0.2, 0) is 0 Å². The second kappa shape index (κ2) is 3.04. The van der Waals surface area contributed by atoms with Crippen LogP contribution >= 0.6 is 44.1 Å². The number of hydrogen-bond acceptors (Lipinski definition) is 1. The second-order valence-electron chi connectivity index (χ2n) is 0.605. The predicted molar refractivity (Wildman–Crippen MR) is 35.3 cm³/mol. The van der Waals surface area contributed by atoms with Gasteiger partial charge in [-0.05, 0) is 12.2 Å². The molecule has 0 aromatic rings. The van der Waals surface area contributed by atoms with Crippen LogP contribution in [0.2, 0.25) is 0 Å². The van der Waals surface area contributed by atoms with E-state index in [4.69, 9.17) is 0 Å². The zero-order valence-electron chi connectivity index (χ0n) is 2.62. The fraction of sp³-hybridized carbons (Fsp3) is 0.500. The molecule has 6 heavy (non-hydrogen) atoms. The molecule has 0 aliphatic heterocycles. The first-order valence-corrected chi connectivity index (χ1v) is 3.36. The van der Waals surface area contributed by atoms with Crippen LogP contribution in [0, 0.1) is 0 Å². The van der Waals surface area contributed by atoms with Crippen molar-refractivity contribution in [1.29, 1.82) is 0 Å². The van der Waals surface area contributed by atoms with E-state index in [0.29, 0.717) is 0 Å². The molecule has 0 aliphatic carbocycles. The van der Waals surface area contributed by atoms with Gasteiger partial charge in [-0.25, -0.2) is 0 Å². The van der Waals surface area contributed by atoms with Gasteiger partial charge in [-0.3, -0.25) is 0 Å². The molecular weight excluding hydrogens is 235 g/mol. The van der Waals surface area contributed by atoms with Crippen molar-refractivity contribution in [1.82, 2.24) is 0 Å². The highest BCUT2D eigenvalue weighted by Crippen LogP contribution is 2.10. The maximum atomic E-state index is 11.5. The van der Waals surface area contributed by atoms with Crippen molar-refractivity contribution < 1.29 is 4.39 Å². The zero-order valence-corrected chi connectivity index (χ0v) is 6.61. The van der Waals surface area contributed by atoms with E-state index >= 15 is 0 Å². The van der Waals surface area contributed by atoms with E-state index < -0.39 is 8.85 Å². The average molecular weight is 236 g/mol. The minimum Gasteiger partial charge on any atom is -0.197 e. The van der Waals surface area contributed by atoms with Gasteiger partial charge in [0.05, 0.1) is 0 Å². The van der Waals surface area contributed by atoms with Crippen molar-refractivity contribution in [3.63, 3.8) is 0 Å². The third-order valence-corrected chi connectivity index (χ3v) is 1.82. The van der Waals surface area contributed by atoms with Crippen LogP contribution in [-0.4, -0.2) is 8.85 Å². The van der Waals surface area contributed by atoms with E-state index in [0.717, 1.165) is 0 Å². The summed E-state index contributed by atoms with van der Waals surface area (Å²) >= 11 is 9.74. The fourth-order valence-electron chi connectivity index (χ4n) is 0. The summed E-state index contributed by atoms with van der Waals surface area (Å²) in [5, 5.41) is -0.574. The zero-order chi connectivity index (χ0) is 5.15. The molecule has 0 atom stereocenters. The lowest BCUT2D eigenvalue weighted by molar-refractivity contribution is 0.823. The fourth-order valence-corrected chi connectivity index (χ4v) is 0. The van der Waals surface area contributed by atoms with Gasteiger partial charge in [0.25, 0.3) is 0 Å². The SMILES string of the molecule is FC(=S)C(Br)Br. The summed E-state index contributed by atoms with van der Waals surface area (Å²) in [5.41, 5.74) is 0. The lowest BCUT2D eigenvalue weighted by atomic mass is 10.9. The van der Waals surface area contributed by atoms with Crippen LogP contribution in [0.3, 0.4) is 0 Å². The number of rotatable bonds is 1. The average Bonchev–Trinajstić information content (AvgIpc) is 1.36. The van der Waals surface area contributed by atoms with Gasteiger partial charge >= 0.3 is 0 Å². The monoisotopic (exact) mass is 234 g/mol. The summed E-state index contributed by atoms with van der Waals surface area (Å²) in [5.74, 6) is 0. The highest BCUT2D eigenvalue weighted by Gasteiger charge is 2.00. The molecule has 0 aromatic heterocycles. The first kappa shape index (κ1) is 6.98. The molecule has 0 amide bonds. The molecule has 0 fully saturated rings. The van der Waals surface area contributed by atoms with Gasteiger partial charge in [0.1, 0.15) is 3.74 Å². The van der Waals surface area contributed by atoms with Gasteiger partial charge < -0.3 is 0 Å². The van der Waals surface area contributed by atoms with Crippen molar-refractivity contribution in [3.05, 3.63) is 0 Å². The lowest BCUT2D eigenvalue weighted by Gasteiger charge is -1.85. The quantitative estimate of drug-likeness (QED) is 0.382. The van der Waals surface area contributed by atoms with E-state index in [1.165, 1.54) is 0 Å². The molecule has 0 saturated heterocycles. The summed E-state index contributed by atoms with van der Waals surface area (Å²) in [6.45, 7) is 0. The Labute approximate surface area is 57.4 Å². The first-order chi connectivity index (χ1) is 2.64. The van der Waals surface area contributed by atoms with Crippen molar-refractivity contribution in [3.8, 4) is 0 Å². The summed E-state index contributed by atoms with van der Waals surface area (Å²) in [6.07, 6.45) is 0. The van der Waals surface area contributed by atoms with Crippen LogP contribution in [0.1, 0.15) is 0 Å². The standard InChI is InChI=1S/C2HBr2FS/c3-1(4)2(5)6/h1H. The van der Waals surface area contributed by atoms with E-state index in [1.807, 2.05) is 0 Å². The molecular formula is C2HBr2FS. The summed E-state index contributed by atoms with van der Waals surface area (Å²) in [4.78, 5) is 0. The lowest BCUT2D eigenvalue weighted by Crippen LogP contribution is -1.91. The molecule has 0 bridgehead atoms. The van der Waals surface area contributed by atoms with Crippen LogP contribution in [0.5, 0.6) is 0 Å². The van der Waals surface area contributed by atoms with Crippen molar-refractivity contribution in [2.45, 2.75) is 3.74 Å². The summed E-state index contributed by atoms with van der Waals surface area (Å²) < 4.78 is 11.0. The molecule has 0 nitrogen and oxygen atoms in total. The minimum atomic E-state index is -0.574. The van der Waals surface area contributed by atoms with Crippen molar-refractivity contribution in [2.75, 3.05) is 0 Å². The molecule has 0 radical (unpaired) electrons. The summed E-state index contributed by atoms with van der Waals surface area (Å²) in [6, 6.07) is 0. The Balaban J connectivity index is 3.26. The topological polar surface area (TPSA) is 0 Å². The Morgan fingerprint density at radius 3 is 1.83 bits per heavy atom. The Morgan fingerprint density at radius 2 is 1.83 bits per heavy atom. The molecule has 0 heterocycles. The Bertz CT molecular complexity index is 62.6. The summed E-state index contributed by atoms with van der Waals surface area (Å²) in [7, 11) is 0. The number of hydrogen-bond donors (Lipinski definition) is 0. The third-order valence-electron chi connectivity index (χ3n) is 0.172. The van der Waals surface area contributed by atoms with Gasteiger partial charge in [-0.1, -0.05) is 31.9 Å². The molecule has 0 aliphatic rings. The normalized spacial score (nSPS) is 9.33. The van der Waals surface area contributed by atoms with E-state index in [9.17, 15) is 4.39 Å². The maximum absolute atomic E-state index is 11.5. The molecule has 0 unspecified atom stereocenters. The van der Waals surface area contributed by atoms with Crippen LogP contribution < -0.4 is 0 Å². The number of thiocarbonyl (C=S) groups is 1. The molecule has 0 aromatic carbocycles. The predicted octanol–water partition coefficient (Wildman–Crippen LogP) is 2.40. The van der Waals surface area contributed by atoms with Crippen molar-refractivity contribution in [2.24, 2.45) is 0 Å².